The van der Waals surface area contributed by atoms with E-state index in [0.717, 1.165) is 62.0 Å². The maximum atomic E-state index is 7.21. The molecule has 3 heteroatoms. The molecule has 3 nitrogen and oxygen atoms in total. The Morgan fingerprint density at radius 1 is 0.478 bits per heavy atom. The van der Waals surface area contributed by atoms with Crippen LogP contribution in [0.15, 0.2) is 255 Å². The lowest BCUT2D eigenvalue weighted by molar-refractivity contribution is 0.599. The Hall–Kier alpha value is -7.46. The number of hydrogen-bond donors (Lipinski definition) is 1. The fourth-order valence-electron chi connectivity index (χ4n) is 7.96. The number of nitrogens with zero attached hydrogens (tertiary/aromatic N) is 2. The summed E-state index contributed by atoms with van der Waals surface area (Å²) in [5.41, 5.74) is 21.2. The molecular weight excluding hydrogens is 811 g/mol. The van der Waals surface area contributed by atoms with Gasteiger partial charge in [-0.3, -0.25) is 0 Å². The number of anilines is 4. The normalized spacial score (nSPS) is 14.0. The Morgan fingerprint density at radius 2 is 0.896 bits per heavy atom. The summed E-state index contributed by atoms with van der Waals surface area (Å²) in [4.78, 5) is 4.41. The lowest BCUT2D eigenvalue weighted by atomic mass is 9.76. The van der Waals surface area contributed by atoms with Crippen molar-refractivity contribution in [2.75, 3.05) is 9.80 Å². The molecule has 0 aliphatic carbocycles. The first-order valence-corrected chi connectivity index (χ1v) is 23.1. The molecule has 0 bridgehead atoms. The minimum absolute atomic E-state index is 0.261. The smallest absolute Gasteiger partial charge is 0.0636 e. The van der Waals surface area contributed by atoms with E-state index in [0.29, 0.717) is 0 Å². The molecule has 0 aliphatic rings. The highest BCUT2D eigenvalue weighted by atomic mass is 15.1. The summed E-state index contributed by atoms with van der Waals surface area (Å²) in [7, 11) is 0. The van der Waals surface area contributed by atoms with Crippen LogP contribution in [0.25, 0.3) is 12.2 Å². The second-order valence-electron chi connectivity index (χ2n) is 17.0. The molecule has 2 N–H and O–H groups in total. The predicted molar refractivity (Wildman–Crippen MR) is 296 cm³/mol. The zero-order valence-corrected chi connectivity index (χ0v) is 41.0. The summed E-state index contributed by atoms with van der Waals surface area (Å²) in [5.74, 6) is 0. The summed E-state index contributed by atoms with van der Waals surface area (Å²) < 4.78 is 0. The molecule has 5 rings (SSSR count). The zero-order valence-electron chi connectivity index (χ0n) is 41.0. The van der Waals surface area contributed by atoms with Gasteiger partial charge in [-0.15, -0.1) is 0 Å². The van der Waals surface area contributed by atoms with Crippen LogP contribution in [-0.2, 0) is 11.0 Å². The SMILES string of the molecule is C=C/C=C(\C=C/C)/C=C/c1ccc(N(C(=C)/C=C\C=C/C)c2ccc(C(C)(N)c3ccc(C(C)(C)c4ccc(N(/C(C=C)=C/C)c5ccc(/C=C/C(/C=C\C)=C/C)cc5)cc4)cc3)cc2)cc1. The molecule has 340 valence electrons. The first kappa shape index (κ1) is 50.5. The van der Waals surface area contributed by atoms with Crippen LogP contribution in [0.4, 0.5) is 22.7 Å². The van der Waals surface area contributed by atoms with Crippen LogP contribution in [0, 0.1) is 0 Å². The van der Waals surface area contributed by atoms with Gasteiger partial charge in [0.2, 0.25) is 0 Å². The summed E-state index contributed by atoms with van der Waals surface area (Å²) in [6.45, 7) is 29.2. The zero-order chi connectivity index (χ0) is 48.4. The number of rotatable bonds is 20. The Morgan fingerprint density at radius 3 is 1.33 bits per heavy atom. The lowest BCUT2D eigenvalue weighted by Crippen LogP contribution is -2.34. The third-order valence-electron chi connectivity index (χ3n) is 12.0. The molecule has 0 amide bonds. The van der Waals surface area contributed by atoms with Crippen molar-refractivity contribution >= 4 is 34.9 Å². The second kappa shape index (κ2) is 24.2. The first-order chi connectivity index (χ1) is 32.3. The van der Waals surface area contributed by atoms with Crippen molar-refractivity contribution in [3.63, 3.8) is 0 Å². The highest BCUT2D eigenvalue weighted by molar-refractivity contribution is 5.73. The summed E-state index contributed by atoms with van der Waals surface area (Å²) in [5, 5.41) is 0. The fraction of sp³-hybridized carbons (Fsp3) is 0.156. The minimum Gasteiger partial charge on any atom is -0.318 e. The van der Waals surface area contributed by atoms with Gasteiger partial charge < -0.3 is 15.5 Å². The van der Waals surface area contributed by atoms with Gasteiger partial charge in [0.05, 0.1) is 5.54 Å². The fourth-order valence-corrected chi connectivity index (χ4v) is 7.96. The largest absolute Gasteiger partial charge is 0.318 e. The van der Waals surface area contributed by atoms with Crippen molar-refractivity contribution < 1.29 is 0 Å². The van der Waals surface area contributed by atoms with Crippen molar-refractivity contribution in [2.24, 2.45) is 5.73 Å². The maximum Gasteiger partial charge on any atom is 0.0636 e. The molecule has 5 aromatic rings. The molecule has 0 heterocycles. The third kappa shape index (κ3) is 12.9. The van der Waals surface area contributed by atoms with Crippen LogP contribution in [0.2, 0.25) is 0 Å². The standard InChI is InChI=1S/C64H69N3/c1-12-19-20-24-49(8)66(59-41-29-53(30-42-59)28-27-51(22-14-3)23-15-4)60-47-39-57(40-48-60)64(11,65)56-35-33-54(34-36-56)63(9,10)55-37-45-62(46-38-55)67(58(17-6)18-7)61-43-31-52(32-44-61)26-25-50(16-5)21-13-2/h12-48H,3,6,8,65H2,1-2,4-5,7,9-11H3/b19-12-,21-13-,23-15-,24-20-,26-25+,28-27+,50-16+,51-22+,58-18+. The van der Waals surface area contributed by atoms with Crippen LogP contribution in [-0.4, -0.2) is 0 Å². The number of nitrogens with two attached hydrogens (primary N) is 1. The molecule has 67 heavy (non-hydrogen) atoms. The maximum absolute atomic E-state index is 7.21. The average molecular weight is 880 g/mol. The number of benzene rings is 5. The summed E-state index contributed by atoms with van der Waals surface area (Å²) in [6, 6.07) is 43.3. The van der Waals surface area contributed by atoms with Crippen molar-refractivity contribution in [1.29, 1.82) is 0 Å². The minimum atomic E-state index is -0.730. The summed E-state index contributed by atoms with van der Waals surface area (Å²) in [6.07, 6.45) is 34.7. The molecule has 0 saturated heterocycles. The monoisotopic (exact) mass is 880 g/mol. The molecule has 0 radical (unpaired) electrons. The van der Waals surface area contributed by atoms with E-state index in [1.807, 2.05) is 70.2 Å². The van der Waals surface area contributed by atoms with Crippen LogP contribution in [0.5, 0.6) is 0 Å². The third-order valence-corrected chi connectivity index (χ3v) is 12.0. The predicted octanol–water partition coefficient (Wildman–Crippen LogP) is 17.5. The molecule has 0 aromatic heterocycles. The van der Waals surface area contributed by atoms with Crippen LogP contribution >= 0.6 is 0 Å². The quantitative estimate of drug-likeness (QED) is 0.0791. The van der Waals surface area contributed by atoms with Crippen molar-refractivity contribution in [3.8, 4) is 0 Å². The van der Waals surface area contributed by atoms with Crippen LogP contribution in [0.3, 0.4) is 0 Å². The molecule has 0 saturated carbocycles. The van der Waals surface area contributed by atoms with Gasteiger partial charge in [-0.1, -0.05) is 198 Å². The molecule has 0 fully saturated rings. The molecule has 5 aromatic carbocycles. The Kier molecular flexibility index (Phi) is 18.2. The van der Waals surface area contributed by atoms with E-state index in [-0.39, 0.29) is 5.41 Å². The summed E-state index contributed by atoms with van der Waals surface area (Å²) >= 11 is 0. The van der Waals surface area contributed by atoms with Gasteiger partial charge in [0.15, 0.2) is 0 Å². The molecule has 1 atom stereocenters. The van der Waals surface area contributed by atoms with Gasteiger partial charge in [-0.2, -0.15) is 0 Å². The van der Waals surface area contributed by atoms with Gasteiger partial charge >= 0.3 is 0 Å². The topological polar surface area (TPSA) is 32.5 Å². The first-order valence-electron chi connectivity index (χ1n) is 23.1. The van der Waals surface area contributed by atoms with Gasteiger partial charge in [-0.05, 0) is 147 Å². The van der Waals surface area contributed by atoms with E-state index < -0.39 is 5.54 Å². The second-order valence-corrected chi connectivity index (χ2v) is 17.0. The van der Waals surface area contributed by atoms with Crippen molar-refractivity contribution in [2.45, 2.75) is 66.3 Å². The van der Waals surface area contributed by atoms with E-state index >= 15 is 0 Å². The van der Waals surface area contributed by atoms with E-state index in [1.165, 1.54) is 16.7 Å². The van der Waals surface area contributed by atoms with Gasteiger partial charge in [0.25, 0.3) is 0 Å². The Bertz CT molecular complexity index is 2720. The van der Waals surface area contributed by atoms with E-state index in [2.05, 4.69) is 233 Å². The van der Waals surface area contributed by atoms with Crippen LogP contribution < -0.4 is 15.5 Å². The van der Waals surface area contributed by atoms with Gasteiger partial charge in [0.1, 0.15) is 0 Å². The average Bonchev–Trinajstić information content (AvgIpc) is 3.35. The van der Waals surface area contributed by atoms with E-state index in [9.17, 15) is 0 Å². The highest BCUT2D eigenvalue weighted by Gasteiger charge is 2.28. The van der Waals surface area contributed by atoms with Gasteiger partial charge in [0, 0.05) is 39.6 Å². The van der Waals surface area contributed by atoms with Crippen LogP contribution in [0.1, 0.15) is 88.8 Å². The molecular formula is C64H69N3. The number of hydrogen-bond acceptors (Lipinski definition) is 3. The molecule has 1 unspecified atom stereocenters. The van der Waals surface area contributed by atoms with E-state index in [4.69, 9.17) is 5.73 Å². The van der Waals surface area contributed by atoms with Gasteiger partial charge in [-0.25, -0.2) is 0 Å². The molecule has 0 aliphatic heterocycles. The number of allylic oxidation sites excluding steroid dienone is 17. The Labute approximate surface area is 403 Å². The van der Waals surface area contributed by atoms with Crippen molar-refractivity contribution in [1.82, 2.24) is 0 Å². The molecule has 0 spiro atoms. The van der Waals surface area contributed by atoms with E-state index in [1.54, 1.807) is 6.08 Å². The highest BCUT2D eigenvalue weighted by Crippen LogP contribution is 2.38. The lowest BCUT2D eigenvalue weighted by Gasteiger charge is -2.31. The Balaban J connectivity index is 1.36. The van der Waals surface area contributed by atoms with Crippen molar-refractivity contribution in [3.05, 3.63) is 288 Å².